The molecule has 1 aromatic rings. The molecule has 24 heavy (non-hydrogen) atoms. The fourth-order valence-corrected chi connectivity index (χ4v) is 2.85. The average Bonchev–Trinajstić information content (AvgIpc) is 2.53. The monoisotopic (exact) mass is 335 g/mol. The number of ether oxygens (including phenoxy) is 3. The van der Waals surface area contributed by atoms with E-state index in [-0.39, 0.29) is 18.1 Å². The minimum atomic E-state index is -0.832. The predicted molar refractivity (Wildman–Crippen MR) is 88.6 cm³/mol. The standard InChI is InChI=1S/C18H25NO5/c1-12-9-19(10-13(2)23-12)17(20)14(3)24-18(21)16-7-5-6-15(8-16)11-22-4/h5-8,12-14H,9-11H2,1-4H3. The number of methoxy groups -OCH3 is 1. The molecule has 1 aliphatic heterocycles. The number of esters is 1. The van der Waals surface area contributed by atoms with Crippen LogP contribution in [0.4, 0.5) is 0 Å². The topological polar surface area (TPSA) is 65.1 Å². The first kappa shape index (κ1) is 18.4. The van der Waals surface area contributed by atoms with Crippen molar-refractivity contribution in [2.75, 3.05) is 20.2 Å². The maximum Gasteiger partial charge on any atom is 0.338 e. The third-order valence-corrected chi connectivity index (χ3v) is 3.84. The number of hydrogen-bond acceptors (Lipinski definition) is 5. The SMILES string of the molecule is COCc1cccc(C(=O)OC(C)C(=O)N2CC(C)OC(C)C2)c1. The van der Waals surface area contributed by atoms with Crippen LogP contribution in [0, 0.1) is 0 Å². The molecule has 132 valence electrons. The number of nitrogens with zero attached hydrogens (tertiary/aromatic N) is 1. The van der Waals surface area contributed by atoms with Crippen LogP contribution < -0.4 is 0 Å². The second kappa shape index (κ2) is 8.26. The fourth-order valence-electron chi connectivity index (χ4n) is 2.85. The normalized spacial score (nSPS) is 22.1. The van der Waals surface area contributed by atoms with Crippen LogP contribution in [-0.4, -0.2) is 55.3 Å². The Bertz CT molecular complexity index is 579. The van der Waals surface area contributed by atoms with E-state index in [1.54, 1.807) is 37.1 Å². The van der Waals surface area contributed by atoms with E-state index in [0.29, 0.717) is 25.3 Å². The highest BCUT2D eigenvalue weighted by molar-refractivity contribution is 5.92. The van der Waals surface area contributed by atoms with Gasteiger partial charge in [-0.15, -0.1) is 0 Å². The number of rotatable bonds is 5. The van der Waals surface area contributed by atoms with E-state index >= 15 is 0 Å². The highest BCUT2D eigenvalue weighted by Crippen LogP contribution is 2.14. The van der Waals surface area contributed by atoms with Crippen molar-refractivity contribution >= 4 is 11.9 Å². The van der Waals surface area contributed by atoms with E-state index in [1.165, 1.54) is 0 Å². The van der Waals surface area contributed by atoms with Gasteiger partial charge in [0.05, 0.1) is 24.4 Å². The van der Waals surface area contributed by atoms with E-state index in [4.69, 9.17) is 14.2 Å². The van der Waals surface area contributed by atoms with Crippen molar-refractivity contribution in [3.63, 3.8) is 0 Å². The molecule has 6 nitrogen and oxygen atoms in total. The molecule has 0 spiro atoms. The van der Waals surface area contributed by atoms with Gasteiger partial charge in [-0.3, -0.25) is 4.79 Å². The molecule has 1 fully saturated rings. The summed E-state index contributed by atoms with van der Waals surface area (Å²) in [6.07, 6.45) is -0.876. The van der Waals surface area contributed by atoms with Crippen molar-refractivity contribution in [3.8, 4) is 0 Å². The molecule has 1 heterocycles. The van der Waals surface area contributed by atoms with Gasteiger partial charge in [-0.1, -0.05) is 12.1 Å². The van der Waals surface area contributed by atoms with Crippen LogP contribution in [0.5, 0.6) is 0 Å². The van der Waals surface area contributed by atoms with E-state index in [9.17, 15) is 9.59 Å². The Morgan fingerprint density at radius 3 is 2.58 bits per heavy atom. The zero-order valence-electron chi connectivity index (χ0n) is 14.7. The quantitative estimate of drug-likeness (QED) is 0.770. The summed E-state index contributed by atoms with van der Waals surface area (Å²) in [6, 6.07) is 7.01. The van der Waals surface area contributed by atoms with Crippen LogP contribution in [0.15, 0.2) is 24.3 Å². The van der Waals surface area contributed by atoms with Crippen LogP contribution in [0.25, 0.3) is 0 Å². The van der Waals surface area contributed by atoms with Gasteiger partial charge in [-0.2, -0.15) is 0 Å². The second-order valence-corrected chi connectivity index (χ2v) is 6.18. The van der Waals surface area contributed by atoms with Crippen LogP contribution in [-0.2, 0) is 25.6 Å². The van der Waals surface area contributed by atoms with Crippen molar-refractivity contribution in [2.45, 2.75) is 45.7 Å². The number of carbonyl (C=O) groups excluding carboxylic acids is 2. The summed E-state index contributed by atoms with van der Waals surface area (Å²) >= 11 is 0. The summed E-state index contributed by atoms with van der Waals surface area (Å²) < 4.78 is 16.0. The molecule has 0 saturated carbocycles. The molecule has 0 aliphatic carbocycles. The third-order valence-electron chi connectivity index (χ3n) is 3.84. The lowest BCUT2D eigenvalue weighted by Gasteiger charge is -2.36. The zero-order valence-corrected chi connectivity index (χ0v) is 14.7. The Balaban J connectivity index is 1.97. The highest BCUT2D eigenvalue weighted by atomic mass is 16.5. The molecule has 0 radical (unpaired) electrons. The lowest BCUT2D eigenvalue weighted by molar-refractivity contribution is -0.151. The van der Waals surface area contributed by atoms with Crippen molar-refractivity contribution in [1.82, 2.24) is 4.90 Å². The smallest absolute Gasteiger partial charge is 0.338 e. The Morgan fingerprint density at radius 1 is 1.29 bits per heavy atom. The van der Waals surface area contributed by atoms with Crippen molar-refractivity contribution in [1.29, 1.82) is 0 Å². The molecule has 2 rings (SSSR count). The van der Waals surface area contributed by atoms with Crippen LogP contribution in [0.1, 0.15) is 36.7 Å². The molecular formula is C18H25NO5. The number of morpholine rings is 1. The highest BCUT2D eigenvalue weighted by Gasteiger charge is 2.30. The summed E-state index contributed by atoms with van der Waals surface area (Å²) in [6.45, 7) is 6.88. The fraction of sp³-hybridized carbons (Fsp3) is 0.556. The summed E-state index contributed by atoms with van der Waals surface area (Å²) in [5.41, 5.74) is 1.29. The lowest BCUT2D eigenvalue weighted by Crippen LogP contribution is -2.51. The summed E-state index contributed by atoms with van der Waals surface area (Å²) in [5.74, 6) is -0.707. The van der Waals surface area contributed by atoms with E-state index in [1.807, 2.05) is 19.9 Å². The third kappa shape index (κ3) is 4.79. The van der Waals surface area contributed by atoms with Gasteiger partial charge in [-0.25, -0.2) is 4.79 Å². The number of benzene rings is 1. The number of amides is 1. The van der Waals surface area contributed by atoms with Crippen LogP contribution >= 0.6 is 0 Å². The molecule has 1 amide bonds. The summed E-state index contributed by atoms with van der Waals surface area (Å²) in [7, 11) is 1.59. The first-order valence-corrected chi connectivity index (χ1v) is 8.13. The largest absolute Gasteiger partial charge is 0.449 e. The van der Waals surface area contributed by atoms with E-state index in [2.05, 4.69) is 0 Å². The molecule has 0 bridgehead atoms. The molecule has 3 unspecified atom stereocenters. The van der Waals surface area contributed by atoms with Crippen molar-refractivity contribution in [3.05, 3.63) is 35.4 Å². The zero-order chi connectivity index (χ0) is 17.7. The molecule has 3 atom stereocenters. The molecule has 6 heteroatoms. The molecule has 0 aromatic heterocycles. The Kier molecular flexibility index (Phi) is 6.34. The molecule has 0 N–H and O–H groups in total. The lowest BCUT2D eigenvalue weighted by atomic mass is 10.1. The van der Waals surface area contributed by atoms with Gasteiger partial charge in [0.15, 0.2) is 6.10 Å². The number of hydrogen-bond donors (Lipinski definition) is 0. The number of carbonyl (C=O) groups is 2. The average molecular weight is 335 g/mol. The maximum absolute atomic E-state index is 12.5. The minimum absolute atomic E-state index is 0.0219. The van der Waals surface area contributed by atoms with E-state index in [0.717, 1.165) is 5.56 Å². The first-order valence-electron chi connectivity index (χ1n) is 8.13. The van der Waals surface area contributed by atoms with Crippen molar-refractivity contribution in [2.24, 2.45) is 0 Å². The predicted octanol–water partition coefficient (Wildman–Crippen LogP) is 2.01. The van der Waals surface area contributed by atoms with Gasteiger partial charge in [-0.05, 0) is 38.5 Å². The Labute approximate surface area is 142 Å². The van der Waals surface area contributed by atoms with Crippen LogP contribution in [0.3, 0.4) is 0 Å². The molecule has 1 aliphatic rings. The van der Waals surface area contributed by atoms with Gasteiger partial charge in [0.25, 0.3) is 5.91 Å². The Hall–Kier alpha value is -1.92. The van der Waals surface area contributed by atoms with Gasteiger partial charge in [0.1, 0.15) is 0 Å². The van der Waals surface area contributed by atoms with Gasteiger partial charge in [0.2, 0.25) is 0 Å². The Morgan fingerprint density at radius 2 is 1.96 bits per heavy atom. The van der Waals surface area contributed by atoms with Crippen LogP contribution in [0.2, 0.25) is 0 Å². The maximum atomic E-state index is 12.5. The molecular weight excluding hydrogens is 310 g/mol. The molecule has 1 saturated heterocycles. The van der Waals surface area contributed by atoms with E-state index < -0.39 is 12.1 Å². The summed E-state index contributed by atoms with van der Waals surface area (Å²) in [5, 5.41) is 0. The van der Waals surface area contributed by atoms with Gasteiger partial charge in [0, 0.05) is 20.2 Å². The minimum Gasteiger partial charge on any atom is -0.449 e. The second-order valence-electron chi connectivity index (χ2n) is 6.18. The van der Waals surface area contributed by atoms with Crippen molar-refractivity contribution < 1.29 is 23.8 Å². The summed E-state index contributed by atoms with van der Waals surface area (Å²) in [4.78, 5) is 26.5. The molecule has 1 aromatic carbocycles. The van der Waals surface area contributed by atoms with Gasteiger partial charge < -0.3 is 19.1 Å². The van der Waals surface area contributed by atoms with Gasteiger partial charge >= 0.3 is 5.97 Å². The first-order chi connectivity index (χ1) is 11.4.